The molecule has 1 rings (SSSR count). The molecule has 0 aliphatic heterocycles. The summed E-state index contributed by atoms with van der Waals surface area (Å²) in [5.74, 6) is -0.353. The van der Waals surface area contributed by atoms with Crippen LogP contribution in [0.15, 0.2) is 18.2 Å². The number of nitriles is 1. The van der Waals surface area contributed by atoms with E-state index in [1.54, 1.807) is 0 Å². The third-order valence-electron chi connectivity index (χ3n) is 2.11. The van der Waals surface area contributed by atoms with Crippen LogP contribution in [0.2, 0.25) is 0 Å². The molecule has 0 atom stereocenters. The van der Waals surface area contributed by atoms with Crippen molar-refractivity contribution < 1.29 is 13.9 Å². The number of benzene rings is 1. The lowest BCUT2D eigenvalue weighted by molar-refractivity contribution is 0.0137. The van der Waals surface area contributed by atoms with Crippen molar-refractivity contribution >= 4 is 0 Å². The highest BCUT2D eigenvalue weighted by atomic mass is 19.1. The van der Waals surface area contributed by atoms with Gasteiger partial charge in [0.2, 0.25) is 0 Å². The normalized spacial score (nSPS) is 10.5. The molecule has 1 aromatic rings. The topological polar surface area (TPSA) is 42.2 Å². The van der Waals surface area contributed by atoms with Crippen LogP contribution in [0.25, 0.3) is 0 Å². The molecule has 1 aromatic carbocycles. The van der Waals surface area contributed by atoms with E-state index in [-0.39, 0.29) is 18.5 Å². The average Bonchev–Trinajstić information content (AvgIpc) is 2.30. The molecule has 0 bridgehead atoms. The van der Waals surface area contributed by atoms with Gasteiger partial charge in [-0.3, -0.25) is 0 Å². The third kappa shape index (κ3) is 4.94. The van der Waals surface area contributed by atoms with Gasteiger partial charge in [-0.15, -0.1) is 0 Å². The Labute approximate surface area is 101 Å². The largest absolute Gasteiger partial charge is 0.376 e. The number of ether oxygens (including phenoxy) is 2. The molecule has 0 unspecified atom stereocenters. The lowest BCUT2D eigenvalue weighted by atomic mass is 10.1. The van der Waals surface area contributed by atoms with Crippen molar-refractivity contribution in [2.45, 2.75) is 26.6 Å². The Morgan fingerprint density at radius 1 is 1.35 bits per heavy atom. The molecular formula is C13H16FNO2. The molecule has 0 heterocycles. The molecule has 0 saturated heterocycles. The van der Waals surface area contributed by atoms with Crippen LogP contribution in [0.3, 0.4) is 0 Å². The number of nitrogens with zero attached hydrogens (tertiary/aromatic N) is 1. The van der Waals surface area contributed by atoms with Gasteiger partial charge in [0.1, 0.15) is 5.82 Å². The molecule has 92 valence electrons. The fourth-order valence-corrected chi connectivity index (χ4v) is 1.28. The second-order valence-corrected chi connectivity index (χ2v) is 3.89. The van der Waals surface area contributed by atoms with E-state index in [0.717, 1.165) is 0 Å². The van der Waals surface area contributed by atoms with Crippen LogP contribution < -0.4 is 0 Å². The Morgan fingerprint density at radius 2 is 2.12 bits per heavy atom. The van der Waals surface area contributed by atoms with Crippen LogP contribution in [0, 0.1) is 17.1 Å². The van der Waals surface area contributed by atoms with Crippen LogP contribution in [-0.2, 0) is 16.1 Å². The molecule has 0 N–H and O–H groups in total. The zero-order valence-electron chi connectivity index (χ0n) is 10.1. The van der Waals surface area contributed by atoms with E-state index in [0.29, 0.717) is 24.3 Å². The van der Waals surface area contributed by atoms with Crippen molar-refractivity contribution in [1.82, 2.24) is 0 Å². The summed E-state index contributed by atoms with van der Waals surface area (Å²) in [4.78, 5) is 0. The molecule has 0 radical (unpaired) electrons. The predicted molar refractivity (Wildman–Crippen MR) is 61.9 cm³/mol. The van der Waals surface area contributed by atoms with Crippen LogP contribution in [0.5, 0.6) is 0 Å². The van der Waals surface area contributed by atoms with Gasteiger partial charge in [0.05, 0.1) is 37.6 Å². The summed E-state index contributed by atoms with van der Waals surface area (Å²) in [6.07, 6.45) is 0.164. The van der Waals surface area contributed by atoms with E-state index in [4.69, 9.17) is 14.7 Å². The molecule has 0 aromatic heterocycles. The summed E-state index contributed by atoms with van der Waals surface area (Å²) in [6.45, 7) is 4.93. The number of rotatable bonds is 6. The van der Waals surface area contributed by atoms with Gasteiger partial charge in [-0.1, -0.05) is 0 Å². The lowest BCUT2D eigenvalue weighted by Gasteiger charge is -2.08. The molecule has 0 spiro atoms. The summed E-state index contributed by atoms with van der Waals surface area (Å²) in [7, 11) is 0. The predicted octanol–water partition coefficient (Wildman–Crippen LogP) is 2.64. The molecular weight excluding hydrogens is 221 g/mol. The van der Waals surface area contributed by atoms with Gasteiger partial charge in [0, 0.05) is 5.56 Å². The van der Waals surface area contributed by atoms with Crippen molar-refractivity contribution in [3.05, 3.63) is 35.1 Å². The number of hydrogen-bond donors (Lipinski definition) is 0. The van der Waals surface area contributed by atoms with Gasteiger partial charge in [-0.25, -0.2) is 4.39 Å². The lowest BCUT2D eigenvalue weighted by Crippen LogP contribution is -2.09. The molecule has 17 heavy (non-hydrogen) atoms. The molecule has 0 fully saturated rings. The van der Waals surface area contributed by atoms with Crippen LogP contribution in [0.4, 0.5) is 4.39 Å². The van der Waals surface area contributed by atoms with Crippen molar-refractivity contribution in [3.63, 3.8) is 0 Å². The third-order valence-corrected chi connectivity index (χ3v) is 2.11. The summed E-state index contributed by atoms with van der Waals surface area (Å²) >= 11 is 0. The van der Waals surface area contributed by atoms with Gasteiger partial charge in [0.15, 0.2) is 0 Å². The smallest absolute Gasteiger partial charge is 0.128 e. The molecule has 4 heteroatoms. The van der Waals surface area contributed by atoms with Crippen molar-refractivity contribution in [1.29, 1.82) is 5.26 Å². The van der Waals surface area contributed by atoms with E-state index in [9.17, 15) is 4.39 Å². The van der Waals surface area contributed by atoms with E-state index in [1.165, 1.54) is 18.2 Å². The maximum atomic E-state index is 13.3. The first-order chi connectivity index (χ1) is 8.13. The first-order valence-electron chi connectivity index (χ1n) is 5.51. The first-order valence-corrected chi connectivity index (χ1v) is 5.51. The van der Waals surface area contributed by atoms with E-state index in [1.807, 2.05) is 19.9 Å². The fraction of sp³-hybridized carbons (Fsp3) is 0.462. The van der Waals surface area contributed by atoms with Crippen molar-refractivity contribution in [2.24, 2.45) is 0 Å². The van der Waals surface area contributed by atoms with Crippen LogP contribution in [0.1, 0.15) is 25.0 Å². The first kappa shape index (κ1) is 13.6. The molecule has 3 nitrogen and oxygen atoms in total. The molecule has 0 amide bonds. The Hall–Kier alpha value is -1.44. The fourth-order valence-electron chi connectivity index (χ4n) is 1.28. The second kappa shape index (κ2) is 7.00. The summed E-state index contributed by atoms with van der Waals surface area (Å²) in [5, 5.41) is 8.69. The summed E-state index contributed by atoms with van der Waals surface area (Å²) < 4.78 is 23.9. The molecule has 0 aliphatic carbocycles. The maximum Gasteiger partial charge on any atom is 0.128 e. The average molecular weight is 237 g/mol. The quantitative estimate of drug-likeness (QED) is 0.714. The standard InChI is InChI=1S/C13H16FNO2/c1-10(2)17-6-5-16-9-12-7-11(8-15)3-4-13(12)14/h3-4,7,10H,5-6,9H2,1-2H3. The minimum atomic E-state index is -0.353. The highest BCUT2D eigenvalue weighted by Gasteiger charge is 2.03. The Kier molecular flexibility index (Phi) is 5.61. The molecule has 0 aliphatic rings. The Morgan fingerprint density at radius 3 is 2.76 bits per heavy atom. The minimum Gasteiger partial charge on any atom is -0.376 e. The van der Waals surface area contributed by atoms with Gasteiger partial charge in [-0.2, -0.15) is 5.26 Å². The second-order valence-electron chi connectivity index (χ2n) is 3.89. The van der Waals surface area contributed by atoms with Crippen LogP contribution >= 0.6 is 0 Å². The van der Waals surface area contributed by atoms with Gasteiger partial charge >= 0.3 is 0 Å². The molecule has 0 saturated carbocycles. The van der Waals surface area contributed by atoms with Crippen molar-refractivity contribution in [3.8, 4) is 6.07 Å². The van der Waals surface area contributed by atoms with Crippen LogP contribution in [-0.4, -0.2) is 19.3 Å². The number of hydrogen-bond acceptors (Lipinski definition) is 3. The zero-order valence-corrected chi connectivity index (χ0v) is 10.1. The highest BCUT2D eigenvalue weighted by Crippen LogP contribution is 2.11. The van der Waals surface area contributed by atoms with Gasteiger partial charge in [-0.05, 0) is 32.0 Å². The maximum absolute atomic E-state index is 13.3. The summed E-state index contributed by atoms with van der Waals surface area (Å²) in [5.41, 5.74) is 0.831. The number of halogens is 1. The Balaban J connectivity index is 2.39. The SMILES string of the molecule is CC(C)OCCOCc1cc(C#N)ccc1F. The van der Waals surface area contributed by atoms with E-state index in [2.05, 4.69) is 0 Å². The Bertz CT molecular complexity index is 399. The highest BCUT2D eigenvalue weighted by molar-refractivity contribution is 5.33. The van der Waals surface area contributed by atoms with Gasteiger partial charge in [0.25, 0.3) is 0 Å². The van der Waals surface area contributed by atoms with E-state index >= 15 is 0 Å². The van der Waals surface area contributed by atoms with Gasteiger partial charge < -0.3 is 9.47 Å². The minimum absolute atomic E-state index is 0.156. The monoisotopic (exact) mass is 237 g/mol. The van der Waals surface area contributed by atoms with Crippen molar-refractivity contribution in [2.75, 3.05) is 13.2 Å². The zero-order chi connectivity index (χ0) is 12.7. The summed E-state index contributed by atoms with van der Waals surface area (Å²) in [6, 6.07) is 6.19. The van der Waals surface area contributed by atoms with E-state index < -0.39 is 0 Å².